The molecule has 0 aliphatic heterocycles. The molecule has 0 aliphatic rings. The number of amides is 1. The Morgan fingerprint density at radius 1 is 1.29 bits per heavy atom. The van der Waals surface area contributed by atoms with Gasteiger partial charge < -0.3 is 15.2 Å². The molecule has 2 aromatic rings. The number of anilines is 1. The van der Waals surface area contributed by atoms with E-state index in [0.717, 1.165) is 15.5 Å². The molecule has 0 saturated heterocycles. The third-order valence-electron chi connectivity index (χ3n) is 2.93. The SMILES string of the molecule is CC#CCOc1ccc(Sc2ccc(NC(C)=O)c(O)c2Br)cc1. The number of benzene rings is 2. The van der Waals surface area contributed by atoms with Gasteiger partial charge in [0, 0.05) is 16.7 Å². The number of carbonyl (C=O) groups is 1. The Hall–Kier alpha value is -2.10. The molecular weight excluding hydrogens is 390 g/mol. The van der Waals surface area contributed by atoms with Crippen LogP contribution in [0.25, 0.3) is 0 Å². The highest BCUT2D eigenvalue weighted by molar-refractivity contribution is 9.10. The van der Waals surface area contributed by atoms with Crippen LogP contribution in [0, 0.1) is 11.8 Å². The Labute approximate surface area is 153 Å². The zero-order valence-electron chi connectivity index (χ0n) is 13.2. The number of ether oxygens (including phenoxy) is 1. The van der Waals surface area contributed by atoms with Crippen molar-refractivity contribution in [3.05, 3.63) is 40.9 Å². The van der Waals surface area contributed by atoms with Gasteiger partial charge in [-0.15, -0.1) is 5.92 Å². The minimum atomic E-state index is -0.235. The van der Waals surface area contributed by atoms with Gasteiger partial charge in [0.1, 0.15) is 12.4 Å². The lowest BCUT2D eigenvalue weighted by Crippen LogP contribution is -2.05. The largest absolute Gasteiger partial charge is 0.505 e. The molecule has 2 rings (SSSR count). The molecule has 24 heavy (non-hydrogen) atoms. The van der Waals surface area contributed by atoms with E-state index in [1.165, 1.54) is 18.7 Å². The smallest absolute Gasteiger partial charge is 0.221 e. The molecule has 4 nitrogen and oxygen atoms in total. The van der Waals surface area contributed by atoms with Crippen molar-refractivity contribution in [3.8, 4) is 23.3 Å². The van der Waals surface area contributed by atoms with Crippen LogP contribution < -0.4 is 10.1 Å². The lowest BCUT2D eigenvalue weighted by atomic mass is 10.3. The lowest BCUT2D eigenvalue weighted by Gasteiger charge is -2.11. The zero-order chi connectivity index (χ0) is 17.5. The van der Waals surface area contributed by atoms with Crippen molar-refractivity contribution in [2.24, 2.45) is 0 Å². The molecule has 0 radical (unpaired) electrons. The first-order valence-electron chi connectivity index (χ1n) is 7.10. The number of carbonyl (C=O) groups excluding carboxylic acids is 1. The van der Waals surface area contributed by atoms with E-state index in [-0.39, 0.29) is 11.7 Å². The molecule has 6 heteroatoms. The van der Waals surface area contributed by atoms with Crippen LogP contribution in [0.1, 0.15) is 13.8 Å². The Balaban J connectivity index is 2.11. The molecule has 0 fully saturated rings. The van der Waals surface area contributed by atoms with Gasteiger partial charge in [-0.05, 0) is 59.3 Å². The van der Waals surface area contributed by atoms with E-state index in [1.54, 1.807) is 13.0 Å². The molecule has 0 spiro atoms. The second-order valence-electron chi connectivity index (χ2n) is 4.74. The normalized spacial score (nSPS) is 9.79. The minimum absolute atomic E-state index is 0.00768. The van der Waals surface area contributed by atoms with E-state index in [1.807, 2.05) is 30.3 Å². The molecule has 0 bridgehead atoms. The topological polar surface area (TPSA) is 58.6 Å². The van der Waals surface area contributed by atoms with Crippen molar-refractivity contribution in [2.75, 3.05) is 11.9 Å². The number of halogens is 1. The minimum Gasteiger partial charge on any atom is -0.505 e. The molecule has 1 amide bonds. The number of hydrogen-bond acceptors (Lipinski definition) is 4. The first-order chi connectivity index (χ1) is 11.5. The summed E-state index contributed by atoms with van der Waals surface area (Å²) in [5.41, 5.74) is 0.375. The van der Waals surface area contributed by atoms with E-state index >= 15 is 0 Å². The van der Waals surface area contributed by atoms with Crippen LogP contribution in [0.15, 0.2) is 50.7 Å². The number of phenolic OH excluding ortho intramolecular Hbond substituents is 1. The number of nitrogens with one attached hydrogen (secondary N) is 1. The van der Waals surface area contributed by atoms with Crippen LogP contribution in [0.2, 0.25) is 0 Å². The predicted octanol–water partition coefficient (Wildman–Crippen LogP) is 4.67. The van der Waals surface area contributed by atoms with E-state index in [4.69, 9.17) is 4.74 Å². The van der Waals surface area contributed by atoms with Gasteiger partial charge in [-0.2, -0.15) is 0 Å². The van der Waals surface area contributed by atoms with E-state index in [0.29, 0.717) is 16.8 Å². The van der Waals surface area contributed by atoms with Crippen LogP contribution in [-0.4, -0.2) is 17.6 Å². The average molecular weight is 406 g/mol. The van der Waals surface area contributed by atoms with Crippen molar-refractivity contribution < 1.29 is 14.6 Å². The summed E-state index contributed by atoms with van der Waals surface area (Å²) < 4.78 is 6.01. The fourth-order valence-corrected chi connectivity index (χ4v) is 3.27. The fraction of sp³-hybridized carbons (Fsp3) is 0.167. The van der Waals surface area contributed by atoms with Crippen molar-refractivity contribution in [1.82, 2.24) is 0 Å². The van der Waals surface area contributed by atoms with Gasteiger partial charge in [0.05, 0.1) is 10.2 Å². The zero-order valence-corrected chi connectivity index (χ0v) is 15.6. The first kappa shape index (κ1) is 18.2. The van der Waals surface area contributed by atoms with Crippen molar-refractivity contribution in [2.45, 2.75) is 23.6 Å². The third kappa shape index (κ3) is 4.95. The lowest BCUT2D eigenvalue weighted by molar-refractivity contribution is -0.114. The second-order valence-corrected chi connectivity index (χ2v) is 6.65. The van der Waals surface area contributed by atoms with Gasteiger partial charge in [-0.3, -0.25) is 4.79 Å². The molecule has 2 N–H and O–H groups in total. The summed E-state index contributed by atoms with van der Waals surface area (Å²) in [6, 6.07) is 11.1. The maximum atomic E-state index is 11.1. The van der Waals surface area contributed by atoms with Gasteiger partial charge in [0.15, 0.2) is 5.75 Å². The molecule has 0 aliphatic carbocycles. The molecule has 0 unspecified atom stereocenters. The molecule has 0 heterocycles. The van der Waals surface area contributed by atoms with Gasteiger partial charge in [0.2, 0.25) is 5.91 Å². The highest BCUT2D eigenvalue weighted by Crippen LogP contribution is 2.42. The standard InChI is InChI=1S/C18H16BrNO3S/c1-3-4-11-23-13-5-7-14(8-6-13)24-16-10-9-15(20-12(2)21)18(22)17(16)19/h5-10,22H,11H2,1-2H3,(H,20,21). The molecule has 0 atom stereocenters. The summed E-state index contributed by atoms with van der Waals surface area (Å²) in [7, 11) is 0. The summed E-state index contributed by atoms with van der Waals surface area (Å²) in [6.45, 7) is 3.53. The number of hydrogen-bond donors (Lipinski definition) is 2. The Morgan fingerprint density at radius 3 is 2.62 bits per heavy atom. The highest BCUT2D eigenvalue weighted by Gasteiger charge is 2.12. The van der Waals surface area contributed by atoms with Crippen LogP contribution in [-0.2, 0) is 4.79 Å². The molecule has 0 aromatic heterocycles. The number of rotatable bonds is 5. The van der Waals surface area contributed by atoms with Crippen molar-refractivity contribution in [1.29, 1.82) is 0 Å². The van der Waals surface area contributed by atoms with Gasteiger partial charge in [0.25, 0.3) is 0 Å². The van der Waals surface area contributed by atoms with E-state index in [2.05, 4.69) is 33.1 Å². The maximum Gasteiger partial charge on any atom is 0.221 e. The maximum absolute atomic E-state index is 11.1. The Kier molecular flexibility index (Phi) is 6.59. The van der Waals surface area contributed by atoms with Gasteiger partial charge in [-0.1, -0.05) is 17.7 Å². The van der Waals surface area contributed by atoms with Crippen molar-refractivity contribution in [3.63, 3.8) is 0 Å². The number of phenols is 1. The van der Waals surface area contributed by atoms with Crippen molar-refractivity contribution >= 4 is 39.3 Å². The summed E-state index contributed by atoms with van der Waals surface area (Å²) in [6.07, 6.45) is 0. The quantitative estimate of drug-likeness (QED) is 0.560. The Morgan fingerprint density at radius 2 is 2.00 bits per heavy atom. The van der Waals surface area contributed by atoms with Crippen LogP contribution >= 0.6 is 27.7 Å². The summed E-state index contributed by atoms with van der Waals surface area (Å²) in [5.74, 6) is 6.14. The molecule has 124 valence electrons. The highest BCUT2D eigenvalue weighted by atomic mass is 79.9. The molecule has 0 saturated carbocycles. The summed E-state index contributed by atoms with van der Waals surface area (Å²) >= 11 is 4.86. The van der Waals surface area contributed by atoms with E-state index < -0.39 is 0 Å². The average Bonchev–Trinajstić information content (AvgIpc) is 2.56. The van der Waals surface area contributed by atoms with Crippen LogP contribution in [0.4, 0.5) is 5.69 Å². The van der Waals surface area contributed by atoms with Gasteiger partial charge in [-0.25, -0.2) is 0 Å². The van der Waals surface area contributed by atoms with E-state index in [9.17, 15) is 9.90 Å². The van der Waals surface area contributed by atoms with Crippen LogP contribution in [0.5, 0.6) is 11.5 Å². The molecule has 2 aromatic carbocycles. The van der Waals surface area contributed by atoms with Gasteiger partial charge >= 0.3 is 0 Å². The summed E-state index contributed by atoms with van der Waals surface area (Å²) in [5, 5.41) is 12.7. The fourth-order valence-electron chi connectivity index (χ4n) is 1.84. The Bertz CT molecular complexity index is 794. The monoisotopic (exact) mass is 405 g/mol. The third-order valence-corrected chi connectivity index (χ3v) is 5.06. The van der Waals surface area contributed by atoms with Crippen LogP contribution in [0.3, 0.4) is 0 Å². The molecular formula is C18H16BrNO3S. The number of aromatic hydroxyl groups is 1. The predicted molar refractivity (Wildman–Crippen MR) is 99.6 cm³/mol. The first-order valence-corrected chi connectivity index (χ1v) is 8.71. The second kappa shape index (κ2) is 8.67. The summed E-state index contributed by atoms with van der Waals surface area (Å²) in [4.78, 5) is 13.0.